The topological polar surface area (TPSA) is 80.9 Å². The molecule has 1 aromatic heterocycles. The normalized spacial score (nSPS) is 18.6. The molecule has 1 aliphatic carbocycles. The van der Waals surface area contributed by atoms with Gasteiger partial charge in [0.1, 0.15) is 5.82 Å². The number of carbonyl (C=O) groups is 1. The summed E-state index contributed by atoms with van der Waals surface area (Å²) >= 11 is 0. The maximum absolute atomic E-state index is 11.4. The van der Waals surface area contributed by atoms with Crippen LogP contribution in [0.1, 0.15) is 24.2 Å². The first-order chi connectivity index (χ1) is 9.64. The minimum absolute atomic E-state index is 0.0411. The molecule has 0 unspecified atom stereocenters. The second-order valence-corrected chi connectivity index (χ2v) is 5.52. The van der Waals surface area contributed by atoms with E-state index in [-0.39, 0.29) is 11.4 Å². The van der Waals surface area contributed by atoms with E-state index >= 15 is 0 Å². The highest BCUT2D eigenvalue weighted by Gasteiger charge is 2.43. The van der Waals surface area contributed by atoms with Crippen molar-refractivity contribution in [2.45, 2.75) is 24.8 Å². The Morgan fingerprint density at radius 2 is 2.10 bits per heavy atom. The lowest BCUT2D eigenvalue weighted by molar-refractivity contribution is -0.115. The van der Waals surface area contributed by atoms with Crippen molar-refractivity contribution in [3.05, 3.63) is 41.9 Å². The number of fused-ring (bicyclic) bond motifs is 1. The number of hydrogen-bond donors (Lipinski definition) is 2. The Labute approximate surface area is 116 Å². The molecule has 1 saturated carbocycles. The molecular formula is C15H14N4O. The van der Waals surface area contributed by atoms with Gasteiger partial charge in [-0.3, -0.25) is 4.79 Å². The summed E-state index contributed by atoms with van der Waals surface area (Å²) in [5.74, 6) is 0.754. The van der Waals surface area contributed by atoms with Crippen LogP contribution in [-0.2, 0) is 16.8 Å². The molecule has 0 bridgehead atoms. The molecule has 0 atom stereocenters. The van der Waals surface area contributed by atoms with E-state index in [9.17, 15) is 4.79 Å². The van der Waals surface area contributed by atoms with E-state index in [4.69, 9.17) is 5.73 Å². The smallest absolute Gasteiger partial charge is 0.228 e. The maximum atomic E-state index is 11.4. The van der Waals surface area contributed by atoms with Crippen molar-refractivity contribution in [2.75, 3.05) is 5.32 Å². The second-order valence-electron chi connectivity index (χ2n) is 5.52. The predicted octanol–water partition coefficient (Wildman–Crippen LogP) is 1.59. The van der Waals surface area contributed by atoms with Crippen LogP contribution in [0.2, 0.25) is 0 Å². The van der Waals surface area contributed by atoms with Crippen molar-refractivity contribution in [2.24, 2.45) is 5.73 Å². The third-order valence-electron chi connectivity index (χ3n) is 3.92. The number of carbonyl (C=O) groups excluding carboxylic acids is 1. The van der Waals surface area contributed by atoms with Gasteiger partial charge in [-0.25, -0.2) is 9.97 Å². The summed E-state index contributed by atoms with van der Waals surface area (Å²) in [4.78, 5) is 20.2. The van der Waals surface area contributed by atoms with Crippen LogP contribution in [-0.4, -0.2) is 15.9 Å². The van der Waals surface area contributed by atoms with Gasteiger partial charge in [-0.15, -0.1) is 0 Å². The van der Waals surface area contributed by atoms with Crippen molar-refractivity contribution in [3.8, 4) is 11.3 Å². The van der Waals surface area contributed by atoms with Gasteiger partial charge in [0.2, 0.25) is 5.91 Å². The first-order valence-corrected chi connectivity index (χ1v) is 6.70. The van der Waals surface area contributed by atoms with E-state index in [0.29, 0.717) is 12.2 Å². The molecule has 1 amide bonds. The first kappa shape index (κ1) is 11.5. The van der Waals surface area contributed by atoms with Gasteiger partial charge in [-0.2, -0.15) is 0 Å². The molecule has 1 aliphatic heterocycles. The number of nitrogens with one attached hydrogen (secondary N) is 1. The Morgan fingerprint density at radius 3 is 2.90 bits per heavy atom. The van der Waals surface area contributed by atoms with Gasteiger partial charge < -0.3 is 11.1 Å². The molecule has 2 aliphatic rings. The summed E-state index contributed by atoms with van der Waals surface area (Å²) in [6, 6.07) is 7.77. The number of anilines is 1. The summed E-state index contributed by atoms with van der Waals surface area (Å²) in [7, 11) is 0. The Bertz CT molecular complexity index is 722. The van der Waals surface area contributed by atoms with Crippen LogP contribution in [0.5, 0.6) is 0 Å². The number of amides is 1. The van der Waals surface area contributed by atoms with E-state index in [1.165, 1.54) is 0 Å². The van der Waals surface area contributed by atoms with Crippen LogP contribution in [0.3, 0.4) is 0 Å². The fourth-order valence-corrected chi connectivity index (χ4v) is 2.51. The van der Waals surface area contributed by atoms with E-state index in [1.54, 1.807) is 6.20 Å². The summed E-state index contributed by atoms with van der Waals surface area (Å²) in [5, 5.41) is 2.83. The third-order valence-corrected chi connectivity index (χ3v) is 3.92. The summed E-state index contributed by atoms with van der Waals surface area (Å²) < 4.78 is 0. The molecular weight excluding hydrogens is 252 g/mol. The van der Waals surface area contributed by atoms with Gasteiger partial charge in [0.15, 0.2) is 0 Å². The quantitative estimate of drug-likeness (QED) is 0.864. The number of rotatable bonds is 2. The summed E-state index contributed by atoms with van der Waals surface area (Å²) in [5.41, 5.74) is 9.57. The van der Waals surface area contributed by atoms with Crippen molar-refractivity contribution in [1.29, 1.82) is 0 Å². The average Bonchev–Trinajstić information content (AvgIpc) is 3.09. The number of aromatic nitrogens is 2. The van der Waals surface area contributed by atoms with Crippen LogP contribution in [0.4, 0.5) is 5.69 Å². The van der Waals surface area contributed by atoms with Crippen LogP contribution in [0.25, 0.3) is 11.3 Å². The Balaban J connectivity index is 1.75. The molecule has 0 radical (unpaired) electrons. The van der Waals surface area contributed by atoms with Gasteiger partial charge in [0.25, 0.3) is 0 Å². The van der Waals surface area contributed by atoms with Crippen molar-refractivity contribution in [1.82, 2.24) is 9.97 Å². The molecule has 5 heteroatoms. The molecule has 100 valence electrons. The van der Waals surface area contributed by atoms with E-state index < -0.39 is 0 Å². The predicted molar refractivity (Wildman–Crippen MR) is 74.9 cm³/mol. The lowest BCUT2D eigenvalue weighted by Crippen LogP contribution is -2.22. The third kappa shape index (κ3) is 1.78. The van der Waals surface area contributed by atoms with E-state index in [0.717, 1.165) is 35.3 Å². The van der Waals surface area contributed by atoms with Crippen molar-refractivity contribution in [3.63, 3.8) is 0 Å². The highest BCUT2D eigenvalue weighted by molar-refractivity contribution is 5.99. The second kappa shape index (κ2) is 3.86. The monoisotopic (exact) mass is 266 g/mol. The maximum Gasteiger partial charge on any atom is 0.228 e. The van der Waals surface area contributed by atoms with Gasteiger partial charge in [0, 0.05) is 17.4 Å². The molecule has 1 aromatic carbocycles. The Hall–Kier alpha value is -2.27. The molecule has 5 nitrogen and oxygen atoms in total. The Morgan fingerprint density at radius 1 is 1.25 bits per heavy atom. The fraction of sp³-hybridized carbons (Fsp3) is 0.267. The van der Waals surface area contributed by atoms with Crippen LogP contribution in [0, 0.1) is 0 Å². The first-order valence-electron chi connectivity index (χ1n) is 6.70. The highest BCUT2D eigenvalue weighted by atomic mass is 16.1. The molecule has 3 N–H and O–H groups in total. The Kier molecular flexibility index (Phi) is 2.23. The van der Waals surface area contributed by atoms with Gasteiger partial charge in [-0.1, -0.05) is 6.07 Å². The van der Waals surface area contributed by atoms with E-state index in [2.05, 4.69) is 15.3 Å². The van der Waals surface area contributed by atoms with Crippen molar-refractivity contribution >= 4 is 11.6 Å². The SMILES string of the molecule is NC1(c2nccc(-c3ccc4c(c3)CC(=O)N4)n2)CC1. The molecule has 2 heterocycles. The highest BCUT2D eigenvalue weighted by Crippen LogP contribution is 2.41. The lowest BCUT2D eigenvalue weighted by atomic mass is 10.1. The van der Waals surface area contributed by atoms with Gasteiger partial charge in [-0.05, 0) is 36.6 Å². The van der Waals surface area contributed by atoms with Crippen molar-refractivity contribution < 1.29 is 4.79 Å². The van der Waals surface area contributed by atoms with Gasteiger partial charge in [0.05, 0.1) is 17.7 Å². The molecule has 0 spiro atoms. The van der Waals surface area contributed by atoms with Gasteiger partial charge >= 0.3 is 0 Å². The number of nitrogens with two attached hydrogens (primary N) is 1. The molecule has 0 saturated heterocycles. The fourth-order valence-electron chi connectivity index (χ4n) is 2.51. The zero-order valence-corrected chi connectivity index (χ0v) is 10.9. The average molecular weight is 266 g/mol. The lowest BCUT2D eigenvalue weighted by Gasteiger charge is -2.09. The number of nitrogens with zero attached hydrogens (tertiary/aromatic N) is 2. The molecule has 1 fully saturated rings. The van der Waals surface area contributed by atoms with Crippen LogP contribution < -0.4 is 11.1 Å². The number of hydrogen-bond acceptors (Lipinski definition) is 4. The summed E-state index contributed by atoms with van der Waals surface area (Å²) in [6.07, 6.45) is 4.07. The van der Waals surface area contributed by atoms with Crippen LogP contribution in [0.15, 0.2) is 30.5 Å². The largest absolute Gasteiger partial charge is 0.326 e. The zero-order valence-electron chi connectivity index (χ0n) is 10.9. The molecule has 2 aromatic rings. The zero-order chi connectivity index (χ0) is 13.7. The standard InChI is InChI=1S/C15H14N4O/c16-15(4-5-15)14-17-6-3-12(19-14)9-1-2-11-10(7-9)8-13(20)18-11/h1-3,6-7H,4-5,8,16H2,(H,18,20). The molecule has 20 heavy (non-hydrogen) atoms. The van der Waals surface area contributed by atoms with Crippen LogP contribution >= 0.6 is 0 Å². The number of benzene rings is 1. The van der Waals surface area contributed by atoms with E-state index in [1.807, 2.05) is 24.3 Å². The molecule has 4 rings (SSSR count). The minimum Gasteiger partial charge on any atom is -0.326 e. The minimum atomic E-state index is -0.329. The summed E-state index contributed by atoms with van der Waals surface area (Å²) in [6.45, 7) is 0.